The Balaban J connectivity index is 1.79. The van der Waals surface area contributed by atoms with Gasteiger partial charge in [0.1, 0.15) is 0 Å². The molecule has 0 aromatic heterocycles. The van der Waals surface area contributed by atoms with Gasteiger partial charge in [0.15, 0.2) is 0 Å². The van der Waals surface area contributed by atoms with Crippen LogP contribution in [-0.2, 0) is 11.3 Å². The summed E-state index contributed by atoms with van der Waals surface area (Å²) in [4.78, 5) is 0. The molecule has 1 atom stereocenters. The van der Waals surface area contributed by atoms with Crippen LogP contribution in [-0.4, -0.2) is 19.3 Å². The van der Waals surface area contributed by atoms with Crippen molar-refractivity contribution < 1.29 is 4.74 Å². The lowest BCUT2D eigenvalue weighted by molar-refractivity contribution is 0.142. The van der Waals surface area contributed by atoms with E-state index in [9.17, 15) is 0 Å². The van der Waals surface area contributed by atoms with Gasteiger partial charge in [-0.25, -0.2) is 0 Å². The summed E-state index contributed by atoms with van der Waals surface area (Å²) >= 11 is 3.45. The monoisotopic (exact) mass is 283 g/mol. The normalized spacial score (nSPS) is 21.7. The first-order chi connectivity index (χ1) is 7.84. The number of rotatable bonds is 3. The Kier molecular flexibility index (Phi) is 4.82. The topological polar surface area (TPSA) is 21.3 Å². The highest BCUT2D eigenvalue weighted by Gasteiger charge is 2.11. The fraction of sp³-hybridized carbons (Fsp3) is 0.538. The van der Waals surface area contributed by atoms with E-state index in [1.54, 1.807) is 0 Å². The van der Waals surface area contributed by atoms with Gasteiger partial charge in [-0.15, -0.1) is 0 Å². The van der Waals surface area contributed by atoms with E-state index < -0.39 is 0 Å². The minimum absolute atomic E-state index is 0.617. The van der Waals surface area contributed by atoms with Crippen molar-refractivity contribution in [2.45, 2.75) is 31.8 Å². The van der Waals surface area contributed by atoms with Gasteiger partial charge in [0.2, 0.25) is 0 Å². The highest BCUT2D eigenvalue weighted by molar-refractivity contribution is 9.10. The van der Waals surface area contributed by atoms with Gasteiger partial charge >= 0.3 is 0 Å². The van der Waals surface area contributed by atoms with Crippen LogP contribution in [0.3, 0.4) is 0 Å². The van der Waals surface area contributed by atoms with E-state index in [4.69, 9.17) is 4.74 Å². The summed E-state index contributed by atoms with van der Waals surface area (Å²) in [6, 6.07) is 9.11. The molecule has 1 aromatic carbocycles. The van der Waals surface area contributed by atoms with Gasteiger partial charge < -0.3 is 10.1 Å². The molecule has 2 nitrogen and oxygen atoms in total. The van der Waals surface area contributed by atoms with Gasteiger partial charge in [0.25, 0.3) is 0 Å². The molecule has 0 spiro atoms. The summed E-state index contributed by atoms with van der Waals surface area (Å²) < 4.78 is 6.58. The number of hydrogen-bond acceptors (Lipinski definition) is 2. The van der Waals surface area contributed by atoms with Crippen LogP contribution < -0.4 is 5.32 Å². The maximum absolute atomic E-state index is 5.45. The predicted molar refractivity (Wildman–Crippen MR) is 69.4 cm³/mol. The maximum atomic E-state index is 5.45. The predicted octanol–water partition coefficient (Wildman–Crippen LogP) is 3.11. The summed E-state index contributed by atoms with van der Waals surface area (Å²) in [6.07, 6.45) is 3.55. The van der Waals surface area contributed by atoms with Gasteiger partial charge in [0.05, 0.1) is 0 Å². The van der Waals surface area contributed by atoms with E-state index in [0.717, 1.165) is 30.7 Å². The molecular weight excluding hydrogens is 266 g/mol. The van der Waals surface area contributed by atoms with E-state index in [1.165, 1.54) is 18.4 Å². The maximum Gasteiger partial charge on any atom is 0.0480 e. The van der Waals surface area contributed by atoms with Crippen LogP contribution in [0.1, 0.15) is 24.8 Å². The van der Waals surface area contributed by atoms with Gasteiger partial charge in [-0.05, 0) is 37.0 Å². The van der Waals surface area contributed by atoms with Crippen molar-refractivity contribution in [2.24, 2.45) is 0 Å². The van der Waals surface area contributed by atoms with Crippen LogP contribution in [0.15, 0.2) is 28.7 Å². The standard InChI is InChI=1S/C13H18BrNO/c14-12-5-3-11(4-6-12)10-15-13-2-1-8-16-9-7-13/h3-6,13,15H,1-2,7-10H2. The van der Waals surface area contributed by atoms with Crippen molar-refractivity contribution in [2.75, 3.05) is 13.2 Å². The first-order valence-electron chi connectivity index (χ1n) is 5.90. The van der Waals surface area contributed by atoms with Gasteiger partial charge in [-0.1, -0.05) is 28.1 Å². The van der Waals surface area contributed by atoms with Gasteiger partial charge in [-0.2, -0.15) is 0 Å². The molecule has 0 saturated carbocycles. The Morgan fingerprint density at radius 2 is 2.00 bits per heavy atom. The molecule has 0 amide bonds. The largest absolute Gasteiger partial charge is 0.381 e. The summed E-state index contributed by atoms with van der Waals surface area (Å²) in [6.45, 7) is 2.78. The minimum atomic E-state index is 0.617. The van der Waals surface area contributed by atoms with E-state index in [-0.39, 0.29) is 0 Å². The van der Waals surface area contributed by atoms with Gasteiger partial charge in [-0.3, -0.25) is 0 Å². The Labute approximate surface area is 106 Å². The average Bonchev–Trinajstić information content (AvgIpc) is 2.57. The van der Waals surface area contributed by atoms with E-state index >= 15 is 0 Å². The highest BCUT2D eigenvalue weighted by Crippen LogP contribution is 2.12. The van der Waals surface area contributed by atoms with Crippen molar-refractivity contribution in [1.82, 2.24) is 5.32 Å². The molecule has 1 fully saturated rings. The van der Waals surface area contributed by atoms with Crippen LogP contribution in [0.25, 0.3) is 0 Å². The molecule has 1 aliphatic heterocycles. The molecule has 1 saturated heterocycles. The van der Waals surface area contributed by atoms with Crippen LogP contribution >= 0.6 is 15.9 Å². The quantitative estimate of drug-likeness (QED) is 0.921. The summed E-state index contributed by atoms with van der Waals surface area (Å²) in [7, 11) is 0. The van der Waals surface area contributed by atoms with E-state index in [1.807, 2.05) is 0 Å². The van der Waals surface area contributed by atoms with Crippen LogP contribution in [0.4, 0.5) is 0 Å². The molecule has 1 aliphatic rings. The zero-order chi connectivity index (χ0) is 11.2. The SMILES string of the molecule is Brc1ccc(CNC2CCCOCC2)cc1. The van der Waals surface area contributed by atoms with Crippen molar-refractivity contribution in [3.8, 4) is 0 Å². The highest BCUT2D eigenvalue weighted by atomic mass is 79.9. The molecule has 0 bridgehead atoms. The first-order valence-corrected chi connectivity index (χ1v) is 6.69. The molecule has 1 N–H and O–H groups in total. The van der Waals surface area contributed by atoms with Gasteiger partial charge in [0, 0.05) is 30.3 Å². The number of halogens is 1. The molecule has 88 valence electrons. The number of ether oxygens (including phenoxy) is 1. The lowest BCUT2D eigenvalue weighted by Crippen LogP contribution is -2.28. The third kappa shape index (κ3) is 3.89. The first kappa shape index (κ1) is 12.1. The lowest BCUT2D eigenvalue weighted by Gasteiger charge is -2.15. The Hall–Kier alpha value is -0.380. The second-order valence-corrected chi connectivity index (χ2v) is 5.16. The van der Waals surface area contributed by atoms with E-state index in [2.05, 4.69) is 45.5 Å². The summed E-state index contributed by atoms with van der Waals surface area (Å²) in [5.41, 5.74) is 1.34. The summed E-state index contributed by atoms with van der Waals surface area (Å²) in [5, 5.41) is 3.60. The molecule has 1 heterocycles. The molecule has 2 rings (SSSR count). The van der Waals surface area contributed by atoms with Crippen LogP contribution in [0.5, 0.6) is 0 Å². The third-order valence-corrected chi connectivity index (χ3v) is 3.49. The minimum Gasteiger partial charge on any atom is -0.381 e. The average molecular weight is 284 g/mol. The third-order valence-electron chi connectivity index (χ3n) is 2.96. The molecule has 1 aromatic rings. The second-order valence-electron chi connectivity index (χ2n) is 4.25. The fourth-order valence-corrected chi connectivity index (χ4v) is 2.24. The molecule has 0 radical (unpaired) electrons. The van der Waals surface area contributed by atoms with Crippen molar-refractivity contribution in [3.63, 3.8) is 0 Å². The molecule has 16 heavy (non-hydrogen) atoms. The fourth-order valence-electron chi connectivity index (χ4n) is 1.97. The Morgan fingerprint density at radius 3 is 2.81 bits per heavy atom. The molecule has 0 aliphatic carbocycles. The smallest absolute Gasteiger partial charge is 0.0480 e. The second kappa shape index (κ2) is 6.38. The van der Waals surface area contributed by atoms with E-state index in [0.29, 0.717) is 6.04 Å². The molecular formula is C13H18BrNO. The Bertz CT molecular complexity index is 304. The zero-order valence-corrected chi connectivity index (χ0v) is 11.0. The number of hydrogen-bond donors (Lipinski definition) is 1. The van der Waals surface area contributed by atoms with Crippen LogP contribution in [0.2, 0.25) is 0 Å². The molecule has 3 heteroatoms. The van der Waals surface area contributed by atoms with Crippen molar-refractivity contribution in [1.29, 1.82) is 0 Å². The van der Waals surface area contributed by atoms with Crippen molar-refractivity contribution in [3.05, 3.63) is 34.3 Å². The Morgan fingerprint density at radius 1 is 1.19 bits per heavy atom. The lowest BCUT2D eigenvalue weighted by atomic mass is 10.1. The van der Waals surface area contributed by atoms with Crippen molar-refractivity contribution >= 4 is 15.9 Å². The summed E-state index contributed by atoms with van der Waals surface area (Å²) in [5.74, 6) is 0. The number of benzene rings is 1. The zero-order valence-electron chi connectivity index (χ0n) is 9.42. The van der Waals surface area contributed by atoms with Crippen LogP contribution in [0, 0.1) is 0 Å². The molecule has 1 unspecified atom stereocenters. The number of nitrogens with one attached hydrogen (secondary N) is 1.